The van der Waals surface area contributed by atoms with Crippen molar-refractivity contribution in [1.29, 1.82) is 5.26 Å². The molecule has 1 fully saturated rings. The molecule has 1 heterocycles. The van der Waals surface area contributed by atoms with Crippen molar-refractivity contribution in [2.45, 2.75) is 17.4 Å². The molecule has 19 heavy (non-hydrogen) atoms. The first-order chi connectivity index (χ1) is 8.98. The fourth-order valence-electron chi connectivity index (χ4n) is 2.10. The molecule has 102 valence electrons. The van der Waals surface area contributed by atoms with E-state index in [-0.39, 0.29) is 16.7 Å². The van der Waals surface area contributed by atoms with Crippen molar-refractivity contribution >= 4 is 15.7 Å². The summed E-state index contributed by atoms with van der Waals surface area (Å²) >= 11 is 0. The number of methoxy groups -OCH3 is 1. The van der Waals surface area contributed by atoms with Gasteiger partial charge in [0.25, 0.3) is 0 Å². The molecule has 0 spiro atoms. The molecule has 0 saturated carbocycles. The minimum absolute atomic E-state index is 0.0447. The smallest absolute Gasteiger partial charge is 0.245 e. The highest BCUT2D eigenvalue weighted by molar-refractivity contribution is 7.89. The summed E-state index contributed by atoms with van der Waals surface area (Å²) in [6.07, 6.45) is 0.598. The first-order valence-corrected chi connectivity index (χ1v) is 7.25. The van der Waals surface area contributed by atoms with Gasteiger partial charge in [-0.05, 0) is 24.6 Å². The normalized spacial score (nSPS) is 20.3. The highest BCUT2D eigenvalue weighted by atomic mass is 32.2. The molecule has 1 atom stereocenters. The van der Waals surface area contributed by atoms with Gasteiger partial charge in [0.15, 0.2) is 0 Å². The lowest BCUT2D eigenvalue weighted by Gasteiger charge is -2.17. The van der Waals surface area contributed by atoms with Gasteiger partial charge in [-0.3, -0.25) is 0 Å². The van der Waals surface area contributed by atoms with Gasteiger partial charge in [-0.15, -0.1) is 0 Å². The lowest BCUT2D eigenvalue weighted by Crippen LogP contribution is -2.30. The van der Waals surface area contributed by atoms with Crippen LogP contribution in [-0.2, 0) is 14.8 Å². The lowest BCUT2D eigenvalue weighted by molar-refractivity contribution is 0.115. The molecule has 0 aliphatic carbocycles. The number of hydrogen-bond acceptors (Lipinski definition) is 5. The molecular formula is C12H15N3O3S. The summed E-state index contributed by atoms with van der Waals surface area (Å²) in [6, 6.07) is 6.13. The molecule has 2 rings (SSSR count). The average Bonchev–Trinajstić information content (AvgIpc) is 2.87. The molecule has 6 nitrogen and oxygen atoms in total. The van der Waals surface area contributed by atoms with Gasteiger partial charge < -0.3 is 10.5 Å². The van der Waals surface area contributed by atoms with Gasteiger partial charge in [-0.25, -0.2) is 8.42 Å². The Morgan fingerprint density at radius 1 is 1.53 bits per heavy atom. The second-order valence-electron chi connectivity index (χ2n) is 4.37. The molecule has 1 aromatic rings. The van der Waals surface area contributed by atoms with Crippen LogP contribution in [0, 0.1) is 11.3 Å². The van der Waals surface area contributed by atoms with Gasteiger partial charge in [0.2, 0.25) is 10.0 Å². The van der Waals surface area contributed by atoms with Crippen molar-refractivity contribution in [3.05, 3.63) is 23.8 Å². The van der Waals surface area contributed by atoms with Gasteiger partial charge in [-0.1, -0.05) is 0 Å². The van der Waals surface area contributed by atoms with E-state index < -0.39 is 10.0 Å². The van der Waals surface area contributed by atoms with E-state index in [2.05, 4.69) is 0 Å². The molecular weight excluding hydrogens is 266 g/mol. The number of nitrogen functional groups attached to an aromatic ring is 1. The van der Waals surface area contributed by atoms with Crippen LogP contribution in [0.5, 0.6) is 0 Å². The topological polar surface area (TPSA) is 96.4 Å². The number of rotatable bonds is 3. The van der Waals surface area contributed by atoms with Gasteiger partial charge in [0.05, 0.1) is 23.4 Å². The van der Waals surface area contributed by atoms with E-state index in [0.29, 0.717) is 25.1 Å². The third-order valence-electron chi connectivity index (χ3n) is 3.20. The zero-order valence-electron chi connectivity index (χ0n) is 10.5. The zero-order valence-corrected chi connectivity index (χ0v) is 11.4. The monoisotopic (exact) mass is 281 g/mol. The number of nitriles is 1. The largest absolute Gasteiger partial charge is 0.398 e. The van der Waals surface area contributed by atoms with Gasteiger partial charge in [0.1, 0.15) is 4.90 Å². The second kappa shape index (κ2) is 5.17. The van der Waals surface area contributed by atoms with E-state index in [1.54, 1.807) is 7.11 Å². The Bertz CT molecular complexity index is 622. The summed E-state index contributed by atoms with van der Waals surface area (Å²) in [5, 5.41) is 8.75. The lowest BCUT2D eigenvalue weighted by atomic mass is 10.2. The molecule has 2 N–H and O–H groups in total. The Balaban J connectivity index is 2.33. The Hall–Kier alpha value is -1.62. The predicted octanol–water partition coefficient (Wildman–Crippen LogP) is 0.550. The van der Waals surface area contributed by atoms with Gasteiger partial charge in [0, 0.05) is 20.2 Å². The van der Waals surface area contributed by atoms with Crippen LogP contribution in [0.3, 0.4) is 0 Å². The van der Waals surface area contributed by atoms with Crippen molar-refractivity contribution < 1.29 is 13.2 Å². The fourth-order valence-corrected chi connectivity index (χ4v) is 3.68. The van der Waals surface area contributed by atoms with E-state index in [1.807, 2.05) is 6.07 Å². The third-order valence-corrected chi connectivity index (χ3v) is 5.14. The number of anilines is 1. The standard InChI is InChI=1S/C12H15N3O3S/c1-18-10-4-5-15(8-10)19(16,17)12-3-2-9(7-13)6-11(12)14/h2-3,6,10H,4-5,8,14H2,1H3. The highest BCUT2D eigenvalue weighted by Crippen LogP contribution is 2.26. The number of ether oxygens (including phenoxy) is 1. The van der Waals surface area contributed by atoms with Crippen LogP contribution in [0.2, 0.25) is 0 Å². The van der Waals surface area contributed by atoms with Crippen molar-refractivity contribution in [2.75, 3.05) is 25.9 Å². The number of nitrogens with zero attached hydrogens (tertiary/aromatic N) is 2. The highest BCUT2D eigenvalue weighted by Gasteiger charge is 2.33. The quantitative estimate of drug-likeness (QED) is 0.816. The van der Waals surface area contributed by atoms with Crippen LogP contribution in [0.1, 0.15) is 12.0 Å². The average molecular weight is 281 g/mol. The Kier molecular flexibility index (Phi) is 3.75. The van der Waals surface area contributed by atoms with E-state index in [1.165, 1.54) is 22.5 Å². The molecule has 1 aliphatic heterocycles. The molecule has 0 amide bonds. The molecule has 1 aromatic carbocycles. The van der Waals surface area contributed by atoms with Crippen molar-refractivity contribution in [1.82, 2.24) is 4.31 Å². The third kappa shape index (κ3) is 2.56. The number of benzene rings is 1. The summed E-state index contributed by atoms with van der Waals surface area (Å²) in [6.45, 7) is 0.749. The summed E-state index contributed by atoms with van der Waals surface area (Å²) in [7, 11) is -2.05. The van der Waals surface area contributed by atoms with Crippen LogP contribution < -0.4 is 5.73 Å². The maximum atomic E-state index is 12.4. The van der Waals surface area contributed by atoms with Crippen LogP contribution in [0.25, 0.3) is 0 Å². The first-order valence-electron chi connectivity index (χ1n) is 5.81. The van der Waals surface area contributed by atoms with Crippen molar-refractivity contribution in [3.8, 4) is 6.07 Å². The number of nitrogens with two attached hydrogens (primary N) is 1. The van der Waals surface area contributed by atoms with Crippen LogP contribution in [0.4, 0.5) is 5.69 Å². The van der Waals surface area contributed by atoms with Crippen LogP contribution in [0.15, 0.2) is 23.1 Å². The fraction of sp³-hybridized carbons (Fsp3) is 0.417. The number of hydrogen-bond donors (Lipinski definition) is 1. The van der Waals surface area contributed by atoms with E-state index in [0.717, 1.165) is 0 Å². The van der Waals surface area contributed by atoms with Crippen LogP contribution >= 0.6 is 0 Å². The summed E-state index contributed by atoms with van der Waals surface area (Å²) in [5.74, 6) is 0. The maximum Gasteiger partial charge on any atom is 0.245 e. The van der Waals surface area contributed by atoms with E-state index in [9.17, 15) is 8.42 Å². The minimum Gasteiger partial charge on any atom is -0.398 e. The molecule has 7 heteroatoms. The Morgan fingerprint density at radius 3 is 2.79 bits per heavy atom. The molecule has 1 aliphatic rings. The molecule has 0 aromatic heterocycles. The molecule has 1 saturated heterocycles. The predicted molar refractivity (Wildman–Crippen MR) is 69.7 cm³/mol. The Labute approximate surface area is 112 Å². The van der Waals surface area contributed by atoms with Gasteiger partial charge >= 0.3 is 0 Å². The minimum atomic E-state index is -3.62. The van der Waals surface area contributed by atoms with Gasteiger partial charge in [-0.2, -0.15) is 9.57 Å². The second-order valence-corrected chi connectivity index (χ2v) is 6.28. The SMILES string of the molecule is COC1CCN(S(=O)(=O)c2ccc(C#N)cc2N)C1. The Morgan fingerprint density at radius 2 is 2.26 bits per heavy atom. The van der Waals surface area contributed by atoms with E-state index >= 15 is 0 Å². The van der Waals surface area contributed by atoms with Crippen LogP contribution in [-0.4, -0.2) is 39.0 Å². The molecule has 0 bridgehead atoms. The summed E-state index contributed by atoms with van der Waals surface area (Å²) in [5.41, 5.74) is 6.17. The zero-order chi connectivity index (χ0) is 14.0. The van der Waals surface area contributed by atoms with Crippen molar-refractivity contribution in [2.24, 2.45) is 0 Å². The first kappa shape index (κ1) is 13.8. The molecule has 0 radical (unpaired) electrons. The maximum absolute atomic E-state index is 12.4. The van der Waals surface area contributed by atoms with Crippen molar-refractivity contribution in [3.63, 3.8) is 0 Å². The van der Waals surface area contributed by atoms with E-state index in [4.69, 9.17) is 15.7 Å². The summed E-state index contributed by atoms with van der Waals surface area (Å²) < 4.78 is 31.4. The number of sulfonamides is 1. The molecule has 1 unspecified atom stereocenters. The summed E-state index contributed by atoms with van der Waals surface area (Å²) in [4.78, 5) is 0.0447.